The van der Waals surface area contributed by atoms with E-state index >= 15 is 0 Å². The zero-order valence-corrected chi connectivity index (χ0v) is 15.1. The summed E-state index contributed by atoms with van der Waals surface area (Å²) in [5.74, 6) is 1.75. The second-order valence-electron chi connectivity index (χ2n) is 5.91. The predicted molar refractivity (Wildman–Crippen MR) is 101 cm³/mol. The van der Waals surface area contributed by atoms with Crippen molar-refractivity contribution >= 4 is 5.96 Å². The second kappa shape index (κ2) is 9.67. The number of hydrogen-bond donors (Lipinski definition) is 2. The van der Waals surface area contributed by atoms with Crippen molar-refractivity contribution in [1.29, 1.82) is 0 Å². The number of aliphatic imine (C=N–C) groups is 1. The third-order valence-electron chi connectivity index (χ3n) is 4.18. The van der Waals surface area contributed by atoms with E-state index in [1.165, 1.54) is 11.6 Å². The third-order valence-corrected chi connectivity index (χ3v) is 4.18. The number of nitrogens with zero attached hydrogens (tertiary/aromatic N) is 1. The van der Waals surface area contributed by atoms with Crippen LogP contribution in [-0.4, -0.2) is 26.7 Å². The van der Waals surface area contributed by atoms with Crippen molar-refractivity contribution in [2.24, 2.45) is 4.99 Å². The first-order valence-corrected chi connectivity index (χ1v) is 8.46. The van der Waals surface area contributed by atoms with Crippen molar-refractivity contribution in [2.45, 2.75) is 25.8 Å². The maximum absolute atomic E-state index is 13.6. The zero-order chi connectivity index (χ0) is 18.1. The molecule has 2 aromatic carbocycles. The number of hydrogen-bond acceptors (Lipinski definition) is 2. The largest absolute Gasteiger partial charge is 0.497 e. The van der Waals surface area contributed by atoms with Crippen LogP contribution < -0.4 is 15.4 Å². The van der Waals surface area contributed by atoms with Gasteiger partial charge in [0.05, 0.1) is 7.11 Å². The highest BCUT2D eigenvalue weighted by atomic mass is 19.1. The van der Waals surface area contributed by atoms with Crippen LogP contribution in [0.2, 0.25) is 0 Å². The molecule has 0 heterocycles. The van der Waals surface area contributed by atoms with Crippen LogP contribution in [0.4, 0.5) is 4.39 Å². The minimum Gasteiger partial charge on any atom is -0.497 e. The van der Waals surface area contributed by atoms with Crippen LogP contribution in [0.1, 0.15) is 30.4 Å². The molecular weight excluding hydrogens is 317 g/mol. The molecule has 0 aromatic heterocycles. The van der Waals surface area contributed by atoms with Crippen LogP contribution in [0, 0.1) is 5.82 Å². The molecule has 134 valence electrons. The summed E-state index contributed by atoms with van der Waals surface area (Å²) in [7, 11) is 3.38. The molecule has 0 saturated carbocycles. The quantitative estimate of drug-likeness (QED) is 0.595. The number of rotatable bonds is 7. The Morgan fingerprint density at radius 2 is 1.84 bits per heavy atom. The van der Waals surface area contributed by atoms with E-state index in [0.29, 0.717) is 24.0 Å². The summed E-state index contributed by atoms with van der Waals surface area (Å²) in [6.07, 6.45) is 0.965. The molecule has 2 N–H and O–H groups in total. The summed E-state index contributed by atoms with van der Waals surface area (Å²) in [6.45, 7) is 3.38. The molecule has 0 bridgehead atoms. The lowest BCUT2D eigenvalue weighted by molar-refractivity contribution is 0.414. The predicted octanol–water partition coefficient (Wildman–Crippen LogP) is 3.69. The lowest BCUT2D eigenvalue weighted by Crippen LogP contribution is -2.37. The highest BCUT2D eigenvalue weighted by molar-refractivity contribution is 5.79. The van der Waals surface area contributed by atoms with E-state index in [-0.39, 0.29) is 5.82 Å². The molecule has 1 unspecified atom stereocenters. The van der Waals surface area contributed by atoms with E-state index in [4.69, 9.17) is 4.74 Å². The monoisotopic (exact) mass is 343 g/mol. The van der Waals surface area contributed by atoms with Crippen molar-refractivity contribution < 1.29 is 9.13 Å². The number of methoxy groups -OCH3 is 1. The lowest BCUT2D eigenvalue weighted by atomic mass is 9.98. The molecule has 2 aromatic rings. The van der Waals surface area contributed by atoms with Crippen LogP contribution in [0.15, 0.2) is 53.5 Å². The maximum Gasteiger partial charge on any atom is 0.191 e. The van der Waals surface area contributed by atoms with Crippen LogP contribution >= 0.6 is 0 Å². The Kier molecular flexibility index (Phi) is 7.26. The Balaban J connectivity index is 1.77. The zero-order valence-electron chi connectivity index (χ0n) is 15.1. The SMILES string of the molecule is CN=C(NCCC(C)c1ccc(OC)cc1)NCc1ccccc1F. The van der Waals surface area contributed by atoms with Crippen molar-refractivity contribution in [1.82, 2.24) is 10.6 Å². The minimum absolute atomic E-state index is 0.210. The number of benzene rings is 2. The number of guanidine groups is 1. The van der Waals surface area contributed by atoms with Crippen LogP contribution in [-0.2, 0) is 6.54 Å². The summed E-state index contributed by atoms with van der Waals surface area (Å²) < 4.78 is 18.8. The maximum atomic E-state index is 13.6. The molecule has 0 fully saturated rings. The van der Waals surface area contributed by atoms with Gasteiger partial charge in [0.25, 0.3) is 0 Å². The van der Waals surface area contributed by atoms with Gasteiger partial charge in [-0.1, -0.05) is 37.3 Å². The highest BCUT2D eigenvalue weighted by Gasteiger charge is 2.07. The fourth-order valence-electron chi connectivity index (χ4n) is 2.55. The van der Waals surface area contributed by atoms with E-state index in [9.17, 15) is 4.39 Å². The molecular formula is C20H26FN3O. The van der Waals surface area contributed by atoms with Gasteiger partial charge in [-0.25, -0.2) is 4.39 Å². The smallest absolute Gasteiger partial charge is 0.191 e. The first kappa shape index (κ1) is 18.8. The molecule has 25 heavy (non-hydrogen) atoms. The van der Waals surface area contributed by atoms with Gasteiger partial charge >= 0.3 is 0 Å². The molecule has 0 amide bonds. The van der Waals surface area contributed by atoms with Gasteiger partial charge in [0.1, 0.15) is 11.6 Å². The molecule has 0 spiro atoms. The van der Waals surface area contributed by atoms with Crippen molar-refractivity contribution in [3.05, 3.63) is 65.5 Å². The first-order valence-electron chi connectivity index (χ1n) is 8.46. The first-order chi connectivity index (χ1) is 12.1. The Labute approximate surface area is 149 Å². The van der Waals surface area contributed by atoms with Crippen LogP contribution in [0.25, 0.3) is 0 Å². The van der Waals surface area contributed by atoms with Gasteiger partial charge in [-0.3, -0.25) is 4.99 Å². The van der Waals surface area contributed by atoms with Gasteiger partial charge in [0, 0.05) is 25.7 Å². The van der Waals surface area contributed by atoms with E-state index in [1.807, 2.05) is 18.2 Å². The lowest BCUT2D eigenvalue weighted by Gasteiger charge is -2.15. The Morgan fingerprint density at radius 3 is 2.48 bits per heavy atom. The topological polar surface area (TPSA) is 45.7 Å². The average molecular weight is 343 g/mol. The number of nitrogens with one attached hydrogen (secondary N) is 2. The van der Waals surface area contributed by atoms with E-state index in [1.54, 1.807) is 26.3 Å². The molecule has 0 aliphatic rings. The van der Waals surface area contributed by atoms with Gasteiger partial charge in [-0.15, -0.1) is 0 Å². The molecule has 2 rings (SSSR count). The van der Waals surface area contributed by atoms with E-state index in [2.05, 4.69) is 34.7 Å². The number of halogens is 1. The summed E-state index contributed by atoms with van der Waals surface area (Å²) in [6, 6.07) is 14.9. The van der Waals surface area contributed by atoms with Gasteiger partial charge in [-0.05, 0) is 36.1 Å². The molecule has 0 aliphatic carbocycles. The third kappa shape index (κ3) is 5.78. The van der Waals surface area contributed by atoms with Crippen LogP contribution in [0.5, 0.6) is 5.75 Å². The molecule has 0 aliphatic heterocycles. The fraction of sp³-hybridized carbons (Fsp3) is 0.350. The average Bonchev–Trinajstić information content (AvgIpc) is 2.65. The van der Waals surface area contributed by atoms with Gasteiger partial charge < -0.3 is 15.4 Å². The van der Waals surface area contributed by atoms with Gasteiger partial charge in [0.15, 0.2) is 5.96 Å². The highest BCUT2D eigenvalue weighted by Crippen LogP contribution is 2.21. The second-order valence-corrected chi connectivity index (χ2v) is 5.91. The summed E-state index contributed by atoms with van der Waals surface area (Å²) >= 11 is 0. The summed E-state index contributed by atoms with van der Waals surface area (Å²) in [4.78, 5) is 4.18. The summed E-state index contributed by atoms with van der Waals surface area (Å²) in [5, 5.41) is 6.41. The normalized spacial score (nSPS) is 12.6. The van der Waals surface area contributed by atoms with Gasteiger partial charge in [0.2, 0.25) is 0 Å². The minimum atomic E-state index is -0.210. The summed E-state index contributed by atoms with van der Waals surface area (Å²) in [5.41, 5.74) is 1.90. The van der Waals surface area contributed by atoms with Crippen molar-refractivity contribution in [2.75, 3.05) is 20.7 Å². The standard InChI is InChI=1S/C20H26FN3O/c1-15(16-8-10-18(25-3)11-9-16)12-13-23-20(22-2)24-14-17-6-4-5-7-19(17)21/h4-11,15H,12-14H2,1-3H3,(H2,22,23,24). The van der Waals surface area contributed by atoms with E-state index in [0.717, 1.165) is 18.7 Å². The Hall–Kier alpha value is -2.56. The molecule has 4 nitrogen and oxygen atoms in total. The van der Waals surface area contributed by atoms with E-state index < -0.39 is 0 Å². The van der Waals surface area contributed by atoms with Crippen LogP contribution in [0.3, 0.4) is 0 Å². The molecule has 5 heteroatoms. The molecule has 0 saturated heterocycles. The van der Waals surface area contributed by atoms with Crippen molar-refractivity contribution in [3.8, 4) is 5.75 Å². The Bertz CT molecular complexity index is 686. The van der Waals surface area contributed by atoms with Crippen molar-refractivity contribution in [3.63, 3.8) is 0 Å². The molecule has 1 atom stereocenters. The Morgan fingerprint density at radius 1 is 1.12 bits per heavy atom. The number of ether oxygens (including phenoxy) is 1. The molecule has 0 radical (unpaired) electrons. The fourth-order valence-corrected chi connectivity index (χ4v) is 2.55. The van der Waals surface area contributed by atoms with Gasteiger partial charge in [-0.2, -0.15) is 0 Å².